The first-order chi connectivity index (χ1) is 19.4. The summed E-state index contributed by atoms with van der Waals surface area (Å²) in [5.41, 5.74) is 3.21. The van der Waals surface area contributed by atoms with Gasteiger partial charge in [0.25, 0.3) is 0 Å². The Morgan fingerprint density at radius 1 is 1.10 bits per heavy atom. The highest BCUT2D eigenvalue weighted by Gasteiger charge is 2.24. The molecule has 3 aromatic rings. The van der Waals surface area contributed by atoms with Crippen LogP contribution in [0.1, 0.15) is 17.5 Å². The number of aromatic nitrogens is 1. The summed E-state index contributed by atoms with van der Waals surface area (Å²) >= 11 is 0. The van der Waals surface area contributed by atoms with Crippen molar-refractivity contribution in [3.63, 3.8) is 0 Å². The summed E-state index contributed by atoms with van der Waals surface area (Å²) in [7, 11) is 0.322. The Kier molecular flexibility index (Phi) is 8.44. The number of fused-ring (bicyclic) bond motifs is 2. The predicted molar refractivity (Wildman–Crippen MR) is 150 cm³/mol. The van der Waals surface area contributed by atoms with Crippen LogP contribution in [0.5, 0.6) is 23.0 Å². The first-order valence-corrected chi connectivity index (χ1v) is 14.9. The molecule has 40 heavy (non-hydrogen) atoms. The molecule has 0 unspecified atom stereocenters. The van der Waals surface area contributed by atoms with Gasteiger partial charge in [0.05, 0.1) is 54.3 Å². The number of hydrogen-bond acceptors (Lipinski definition) is 11. The molecule has 2 aromatic carbocycles. The Balaban J connectivity index is 1.36. The van der Waals surface area contributed by atoms with Crippen LogP contribution in [0.4, 0.5) is 11.4 Å². The number of hydrogen-bond donors (Lipinski definition) is 1. The molecule has 0 radical (unpaired) electrons. The van der Waals surface area contributed by atoms with Crippen LogP contribution in [0.3, 0.4) is 0 Å². The third-order valence-electron chi connectivity index (χ3n) is 7.02. The van der Waals surface area contributed by atoms with Gasteiger partial charge in [-0.2, -0.15) is 5.26 Å². The zero-order valence-electron chi connectivity index (χ0n) is 22.6. The lowest BCUT2D eigenvalue weighted by Crippen LogP contribution is -2.40. The van der Waals surface area contributed by atoms with E-state index < -0.39 is 9.84 Å². The Labute approximate surface area is 233 Å². The minimum atomic E-state index is -2.90. The highest BCUT2D eigenvalue weighted by atomic mass is 32.2. The number of benzene rings is 2. The SMILES string of the molecule is COCCc1ccc(Nc2c(C#N)cnc3cc(OCCCN4CCS(=O)(=O)CC4)c(OC)cc23)c2c1OCO2. The minimum Gasteiger partial charge on any atom is -0.493 e. The van der Waals surface area contributed by atoms with E-state index in [1.165, 1.54) is 6.20 Å². The van der Waals surface area contributed by atoms with E-state index in [0.717, 1.165) is 18.5 Å². The number of methoxy groups -OCH3 is 2. The van der Waals surface area contributed by atoms with Crippen LogP contribution < -0.4 is 24.3 Å². The van der Waals surface area contributed by atoms with Gasteiger partial charge >= 0.3 is 0 Å². The minimum absolute atomic E-state index is 0.113. The van der Waals surface area contributed by atoms with Crippen LogP contribution in [-0.4, -0.2) is 83.7 Å². The number of pyridine rings is 1. The van der Waals surface area contributed by atoms with Crippen LogP contribution in [0, 0.1) is 11.3 Å². The van der Waals surface area contributed by atoms with Crippen molar-refractivity contribution in [2.24, 2.45) is 0 Å². The molecule has 1 aromatic heterocycles. The van der Waals surface area contributed by atoms with Gasteiger partial charge in [-0.15, -0.1) is 0 Å². The summed E-state index contributed by atoms with van der Waals surface area (Å²) in [6.07, 6.45) is 2.95. The van der Waals surface area contributed by atoms with Gasteiger partial charge in [0, 0.05) is 50.0 Å². The van der Waals surface area contributed by atoms with Gasteiger partial charge in [0.1, 0.15) is 6.07 Å². The van der Waals surface area contributed by atoms with E-state index in [2.05, 4.69) is 21.3 Å². The molecule has 0 amide bonds. The summed E-state index contributed by atoms with van der Waals surface area (Å²) in [6, 6.07) is 9.68. The quantitative estimate of drug-likeness (QED) is 0.342. The van der Waals surface area contributed by atoms with E-state index in [4.69, 9.17) is 23.7 Å². The summed E-state index contributed by atoms with van der Waals surface area (Å²) in [5.74, 6) is 2.72. The molecule has 0 aliphatic carbocycles. The van der Waals surface area contributed by atoms with Gasteiger partial charge in [0.15, 0.2) is 32.8 Å². The van der Waals surface area contributed by atoms with Crippen LogP contribution >= 0.6 is 0 Å². The van der Waals surface area contributed by atoms with Crippen LogP contribution in [0.15, 0.2) is 30.5 Å². The number of nitriles is 1. The van der Waals surface area contributed by atoms with Crippen molar-refractivity contribution in [2.45, 2.75) is 12.8 Å². The van der Waals surface area contributed by atoms with E-state index >= 15 is 0 Å². The zero-order chi connectivity index (χ0) is 28.1. The molecule has 1 N–H and O–H groups in total. The first kappa shape index (κ1) is 27.8. The molecular formula is C28H32N4O7S. The maximum atomic E-state index is 11.6. The normalized spacial score (nSPS) is 16.0. The molecule has 0 atom stereocenters. The Morgan fingerprint density at radius 2 is 1.90 bits per heavy atom. The second-order valence-electron chi connectivity index (χ2n) is 9.58. The molecule has 0 saturated carbocycles. The maximum absolute atomic E-state index is 11.6. The molecule has 5 rings (SSSR count). The van der Waals surface area contributed by atoms with Crippen molar-refractivity contribution < 1.29 is 32.1 Å². The van der Waals surface area contributed by atoms with Gasteiger partial charge < -0.3 is 33.9 Å². The monoisotopic (exact) mass is 568 g/mol. The molecule has 212 valence electrons. The van der Waals surface area contributed by atoms with Crippen LogP contribution in [0.25, 0.3) is 10.9 Å². The summed E-state index contributed by atoms with van der Waals surface area (Å²) in [6.45, 7) is 2.97. The van der Waals surface area contributed by atoms with Crippen molar-refractivity contribution >= 4 is 32.1 Å². The van der Waals surface area contributed by atoms with Crippen molar-refractivity contribution in [3.05, 3.63) is 41.6 Å². The van der Waals surface area contributed by atoms with E-state index in [1.807, 2.05) is 12.1 Å². The second kappa shape index (κ2) is 12.2. The lowest BCUT2D eigenvalue weighted by molar-refractivity contribution is 0.172. The number of ether oxygens (including phenoxy) is 5. The fourth-order valence-electron chi connectivity index (χ4n) is 4.83. The lowest BCUT2D eigenvalue weighted by Gasteiger charge is -2.26. The molecule has 0 spiro atoms. The second-order valence-corrected chi connectivity index (χ2v) is 11.9. The average Bonchev–Trinajstić information content (AvgIpc) is 3.46. The molecule has 3 heterocycles. The first-order valence-electron chi connectivity index (χ1n) is 13.1. The van der Waals surface area contributed by atoms with Crippen molar-refractivity contribution in [1.82, 2.24) is 9.88 Å². The summed E-state index contributed by atoms with van der Waals surface area (Å²) in [4.78, 5) is 6.63. The summed E-state index contributed by atoms with van der Waals surface area (Å²) in [5, 5.41) is 13.9. The Morgan fingerprint density at radius 3 is 2.65 bits per heavy atom. The fraction of sp³-hybridized carbons (Fsp3) is 0.429. The smallest absolute Gasteiger partial charge is 0.231 e. The van der Waals surface area contributed by atoms with Gasteiger partial charge in [-0.3, -0.25) is 4.98 Å². The Bertz CT molecular complexity index is 1520. The van der Waals surface area contributed by atoms with Crippen molar-refractivity contribution in [1.29, 1.82) is 5.26 Å². The van der Waals surface area contributed by atoms with E-state index in [0.29, 0.717) is 83.6 Å². The van der Waals surface area contributed by atoms with Gasteiger partial charge in [0.2, 0.25) is 6.79 Å². The van der Waals surface area contributed by atoms with E-state index in [9.17, 15) is 13.7 Å². The molecule has 2 aliphatic heterocycles. The molecular weight excluding hydrogens is 536 g/mol. The number of rotatable bonds is 11. The molecule has 1 fully saturated rings. The van der Waals surface area contributed by atoms with Crippen molar-refractivity contribution in [2.75, 3.05) is 70.7 Å². The zero-order valence-corrected chi connectivity index (χ0v) is 23.4. The van der Waals surface area contributed by atoms with E-state index in [1.54, 1.807) is 26.4 Å². The number of nitrogens with zero attached hydrogens (tertiary/aromatic N) is 3. The molecule has 0 bridgehead atoms. The van der Waals surface area contributed by atoms with E-state index in [-0.39, 0.29) is 18.3 Å². The number of sulfone groups is 1. The third-order valence-corrected chi connectivity index (χ3v) is 8.63. The third kappa shape index (κ3) is 6.01. The Hall–Kier alpha value is -3.79. The van der Waals surface area contributed by atoms with Crippen LogP contribution in [0.2, 0.25) is 0 Å². The lowest BCUT2D eigenvalue weighted by atomic mass is 10.1. The highest BCUT2D eigenvalue weighted by molar-refractivity contribution is 7.91. The largest absolute Gasteiger partial charge is 0.493 e. The molecule has 12 heteroatoms. The van der Waals surface area contributed by atoms with Gasteiger partial charge in [-0.1, -0.05) is 6.07 Å². The van der Waals surface area contributed by atoms with Crippen LogP contribution in [-0.2, 0) is 21.0 Å². The average molecular weight is 569 g/mol. The fourth-order valence-corrected chi connectivity index (χ4v) is 6.11. The number of nitrogens with one attached hydrogen (secondary N) is 1. The van der Waals surface area contributed by atoms with Crippen molar-refractivity contribution in [3.8, 4) is 29.1 Å². The summed E-state index contributed by atoms with van der Waals surface area (Å²) < 4.78 is 51.7. The maximum Gasteiger partial charge on any atom is 0.231 e. The van der Waals surface area contributed by atoms with Gasteiger partial charge in [-0.25, -0.2) is 8.42 Å². The highest BCUT2D eigenvalue weighted by Crippen LogP contribution is 2.45. The topological polar surface area (TPSA) is 132 Å². The standard InChI is InChI=1S/C28H32N4O7S/c1-35-11-6-19-4-5-22(28-27(19)38-18-39-28)31-26-20(16-29)17-30-23-15-25(24(36-2)14-21(23)26)37-10-3-7-32-8-12-40(33,34)13-9-32/h4-5,14-15,17H,3,6-13,18H2,1-2H3,(H,30,31). The predicted octanol–water partition coefficient (Wildman–Crippen LogP) is 3.28. The number of anilines is 2. The van der Waals surface area contributed by atoms with Gasteiger partial charge in [-0.05, 0) is 25.0 Å². The molecule has 1 saturated heterocycles. The molecule has 11 nitrogen and oxygen atoms in total. The molecule has 2 aliphatic rings.